The van der Waals surface area contributed by atoms with E-state index in [0.717, 1.165) is 17.4 Å². The van der Waals surface area contributed by atoms with E-state index in [1.165, 1.54) is 23.5 Å². The van der Waals surface area contributed by atoms with Gasteiger partial charge in [-0.3, -0.25) is 5.32 Å². The van der Waals surface area contributed by atoms with E-state index in [2.05, 4.69) is 4.74 Å². The molecule has 0 unspecified atom stereocenters. The van der Waals surface area contributed by atoms with Crippen LogP contribution in [-0.2, 0) is 4.74 Å². The summed E-state index contributed by atoms with van der Waals surface area (Å²) in [6, 6.07) is 5.86. The molecule has 10 heteroatoms. The van der Waals surface area contributed by atoms with Crippen LogP contribution >= 0.6 is 0 Å². The van der Waals surface area contributed by atoms with Crippen LogP contribution in [0.4, 0.5) is 36.8 Å². The maximum Gasteiger partial charge on any atom is 0.439 e. The van der Waals surface area contributed by atoms with Crippen molar-refractivity contribution in [1.29, 1.82) is 0 Å². The number of carbonyl (C=O) groups excluding carboxylic acids is 1. The molecule has 0 spiro atoms. The van der Waals surface area contributed by atoms with Gasteiger partial charge in [0, 0.05) is 5.69 Å². The third kappa shape index (κ3) is 3.50. The predicted molar refractivity (Wildman–Crippen MR) is 60.4 cm³/mol. The van der Waals surface area contributed by atoms with E-state index >= 15 is 0 Å². The number of rotatable bonds is 3. The van der Waals surface area contributed by atoms with E-state index in [4.69, 9.17) is 0 Å². The first-order valence-electron chi connectivity index (χ1n) is 5.36. The van der Waals surface area contributed by atoms with Gasteiger partial charge in [-0.05, 0) is 12.1 Å². The topological polar surface area (TPSA) is 50.4 Å². The molecule has 1 amide bonds. The van der Waals surface area contributed by atoms with Gasteiger partial charge >= 0.3 is 24.1 Å². The predicted octanol–water partition coefficient (Wildman–Crippen LogP) is 3.28. The molecule has 0 saturated heterocycles. The fourth-order valence-electron chi connectivity index (χ4n) is 1.42. The van der Waals surface area contributed by atoms with Crippen LogP contribution in [0.15, 0.2) is 30.3 Å². The number of alkyl halides is 6. The van der Waals surface area contributed by atoms with Crippen LogP contribution in [0.3, 0.4) is 0 Å². The Bertz CT molecular complexity index is 472. The lowest BCUT2D eigenvalue weighted by Gasteiger charge is -2.38. The van der Waals surface area contributed by atoms with Crippen molar-refractivity contribution < 1.29 is 35.9 Å². The van der Waals surface area contributed by atoms with Gasteiger partial charge in [-0.15, -0.1) is 0 Å². The molecule has 0 heterocycles. The van der Waals surface area contributed by atoms with Crippen molar-refractivity contribution >= 4 is 11.8 Å². The van der Waals surface area contributed by atoms with Crippen LogP contribution in [0.5, 0.6) is 0 Å². The Hall–Kier alpha value is -2.13. The molecule has 0 radical (unpaired) electrons. The molecule has 21 heavy (non-hydrogen) atoms. The number of ether oxygens (including phenoxy) is 1. The Balaban J connectivity index is 3.34. The van der Waals surface area contributed by atoms with Gasteiger partial charge in [0.25, 0.3) is 0 Å². The van der Waals surface area contributed by atoms with Crippen LogP contribution < -0.4 is 10.6 Å². The number of methoxy groups -OCH3 is 1. The molecule has 0 saturated carbocycles. The fraction of sp³-hybridized carbons (Fsp3) is 0.364. The van der Waals surface area contributed by atoms with Crippen molar-refractivity contribution in [3.05, 3.63) is 30.3 Å². The summed E-state index contributed by atoms with van der Waals surface area (Å²) in [5.74, 6) is 0. The minimum absolute atomic E-state index is 0.483. The van der Waals surface area contributed by atoms with Crippen molar-refractivity contribution in [1.82, 2.24) is 5.32 Å². The minimum atomic E-state index is -5.87. The maximum absolute atomic E-state index is 13.0. The van der Waals surface area contributed by atoms with Crippen LogP contribution in [0.2, 0.25) is 0 Å². The highest BCUT2D eigenvalue weighted by Gasteiger charge is 2.73. The average molecular weight is 316 g/mol. The summed E-state index contributed by atoms with van der Waals surface area (Å²) in [5, 5.41) is 2.06. The molecule has 0 aliphatic rings. The molecule has 0 aromatic heterocycles. The molecule has 0 atom stereocenters. The van der Waals surface area contributed by atoms with E-state index in [1.54, 1.807) is 0 Å². The zero-order valence-electron chi connectivity index (χ0n) is 10.5. The van der Waals surface area contributed by atoms with E-state index in [0.29, 0.717) is 7.11 Å². The lowest BCUT2D eigenvalue weighted by Crippen LogP contribution is -2.72. The van der Waals surface area contributed by atoms with Crippen molar-refractivity contribution in [3.8, 4) is 0 Å². The summed E-state index contributed by atoms with van der Waals surface area (Å²) in [6.45, 7) is 0. The third-order valence-electron chi connectivity index (χ3n) is 2.43. The van der Waals surface area contributed by atoms with Gasteiger partial charge in [0.2, 0.25) is 0 Å². The number of hydrogen-bond donors (Lipinski definition) is 2. The molecule has 118 valence electrons. The lowest BCUT2D eigenvalue weighted by atomic mass is 10.1. The number of amides is 1. The molecule has 1 aromatic carbocycles. The van der Waals surface area contributed by atoms with Gasteiger partial charge in [-0.2, -0.15) is 26.3 Å². The average Bonchev–Trinajstić information content (AvgIpc) is 2.36. The lowest BCUT2D eigenvalue weighted by molar-refractivity contribution is -0.294. The highest BCUT2D eigenvalue weighted by molar-refractivity contribution is 5.69. The molecular formula is C11H10F6N2O2. The highest BCUT2D eigenvalue weighted by Crippen LogP contribution is 2.43. The molecule has 4 nitrogen and oxygen atoms in total. The van der Waals surface area contributed by atoms with Crippen LogP contribution in [0.1, 0.15) is 0 Å². The largest absolute Gasteiger partial charge is 0.453 e. The van der Waals surface area contributed by atoms with Crippen molar-refractivity contribution in [3.63, 3.8) is 0 Å². The molecule has 1 aromatic rings. The summed E-state index contributed by atoms with van der Waals surface area (Å²) < 4.78 is 81.8. The van der Waals surface area contributed by atoms with Crippen LogP contribution in [-0.4, -0.2) is 31.2 Å². The summed E-state index contributed by atoms with van der Waals surface area (Å²) in [4.78, 5) is 10.9. The number of nitrogens with one attached hydrogen (secondary N) is 2. The second-order valence-corrected chi connectivity index (χ2v) is 3.85. The zero-order chi connectivity index (χ0) is 16.3. The number of para-hydroxylation sites is 1. The third-order valence-corrected chi connectivity index (χ3v) is 2.43. The molecule has 0 bridgehead atoms. The SMILES string of the molecule is COC(=O)NC(Nc1ccccc1)(C(F)(F)F)C(F)(F)F. The summed E-state index contributed by atoms with van der Waals surface area (Å²) in [7, 11) is 0.648. The monoisotopic (exact) mass is 316 g/mol. The van der Waals surface area contributed by atoms with E-state index in [1.807, 2.05) is 0 Å². The van der Waals surface area contributed by atoms with Gasteiger partial charge < -0.3 is 10.1 Å². The van der Waals surface area contributed by atoms with Gasteiger partial charge in [0.15, 0.2) is 0 Å². The summed E-state index contributed by atoms with van der Waals surface area (Å²) in [5.41, 5.74) is -5.15. The Labute approximate surface area is 115 Å². The van der Waals surface area contributed by atoms with Gasteiger partial charge in [-0.1, -0.05) is 18.2 Å². The molecule has 0 fully saturated rings. The number of carbonyl (C=O) groups is 1. The maximum atomic E-state index is 13.0. The second-order valence-electron chi connectivity index (χ2n) is 3.85. The minimum Gasteiger partial charge on any atom is -0.453 e. The molecule has 0 aliphatic carbocycles. The Morgan fingerprint density at radius 3 is 1.86 bits per heavy atom. The van der Waals surface area contributed by atoms with Crippen molar-refractivity contribution in [2.24, 2.45) is 0 Å². The standard InChI is InChI=1S/C11H10F6N2O2/c1-21-8(20)19-9(10(12,13)14,11(15,16)17)18-7-5-3-2-4-6-7/h2-6,18H,1H3,(H,19,20). The van der Waals surface area contributed by atoms with Gasteiger partial charge in [-0.25, -0.2) is 4.79 Å². The Kier molecular flexibility index (Phi) is 4.59. The summed E-state index contributed by atoms with van der Waals surface area (Å²) in [6.07, 6.45) is -13.6. The smallest absolute Gasteiger partial charge is 0.439 e. The number of halogens is 6. The zero-order valence-corrected chi connectivity index (χ0v) is 10.5. The number of alkyl carbamates (subject to hydrolysis) is 1. The molecule has 1 rings (SSSR count). The van der Waals surface area contributed by atoms with E-state index < -0.39 is 29.8 Å². The molecule has 2 N–H and O–H groups in total. The Morgan fingerprint density at radius 2 is 1.48 bits per heavy atom. The van der Waals surface area contributed by atoms with Crippen molar-refractivity contribution in [2.75, 3.05) is 12.4 Å². The van der Waals surface area contributed by atoms with Gasteiger partial charge in [0.05, 0.1) is 7.11 Å². The normalized spacial score (nSPS) is 12.7. The quantitative estimate of drug-likeness (QED) is 0.665. The van der Waals surface area contributed by atoms with Gasteiger partial charge in [0.1, 0.15) is 0 Å². The number of benzene rings is 1. The first kappa shape index (κ1) is 16.9. The molecule has 0 aliphatic heterocycles. The Morgan fingerprint density at radius 1 is 1.00 bits per heavy atom. The number of hydrogen-bond acceptors (Lipinski definition) is 3. The first-order chi connectivity index (χ1) is 9.53. The highest BCUT2D eigenvalue weighted by atomic mass is 19.4. The number of anilines is 1. The summed E-state index contributed by atoms with van der Waals surface area (Å²) >= 11 is 0. The van der Waals surface area contributed by atoms with Crippen LogP contribution in [0.25, 0.3) is 0 Å². The van der Waals surface area contributed by atoms with Crippen LogP contribution in [0, 0.1) is 0 Å². The second kappa shape index (κ2) is 5.70. The van der Waals surface area contributed by atoms with Crippen molar-refractivity contribution in [2.45, 2.75) is 18.0 Å². The first-order valence-corrected chi connectivity index (χ1v) is 5.36. The fourth-order valence-corrected chi connectivity index (χ4v) is 1.42. The van der Waals surface area contributed by atoms with E-state index in [9.17, 15) is 31.1 Å². The molecular weight excluding hydrogens is 306 g/mol. The van der Waals surface area contributed by atoms with E-state index in [-0.39, 0.29) is 0 Å².